The molecule has 0 bridgehead atoms. The van der Waals surface area contributed by atoms with Gasteiger partial charge in [-0.1, -0.05) is 0 Å². The van der Waals surface area contributed by atoms with Gasteiger partial charge < -0.3 is 29.3 Å². The first-order valence-corrected chi connectivity index (χ1v) is 8.74. The van der Waals surface area contributed by atoms with E-state index in [4.69, 9.17) is 4.74 Å². The van der Waals surface area contributed by atoms with Crippen LogP contribution >= 0.6 is 0 Å². The zero-order chi connectivity index (χ0) is 19.3. The van der Waals surface area contributed by atoms with Gasteiger partial charge in [0.15, 0.2) is 11.6 Å². The van der Waals surface area contributed by atoms with Gasteiger partial charge in [-0.15, -0.1) is 0 Å². The smallest absolute Gasteiger partial charge is 0.341 e. The Bertz CT molecular complexity index is 981. The van der Waals surface area contributed by atoms with Crippen molar-refractivity contribution in [2.24, 2.45) is 0 Å². The van der Waals surface area contributed by atoms with Gasteiger partial charge in [-0.05, 0) is 13.1 Å². The van der Waals surface area contributed by atoms with Crippen LogP contribution in [0, 0.1) is 5.82 Å². The second-order valence-electron chi connectivity index (χ2n) is 6.97. The van der Waals surface area contributed by atoms with E-state index in [-0.39, 0.29) is 30.0 Å². The Morgan fingerprint density at radius 1 is 1.33 bits per heavy atom. The van der Waals surface area contributed by atoms with Crippen LogP contribution in [0.2, 0.25) is 0 Å². The van der Waals surface area contributed by atoms with Crippen molar-refractivity contribution in [1.29, 1.82) is 0 Å². The zero-order valence-corrected chi connectivity index (χ0v) is 14.8. The molecule has 0 radical (unpaired) electrons. The van der Waals surface area contributed by atoms with Gasteiger partial charge in [-0.3, -0.25) is 4.79 Å². The second kappa shape index (κ2) is 6.50. The third-order valence-electron chi connectivity index (χ3n) is 5.18. The Morgan fingerprint density at radius 2 is 2.04 bits per heavy atom. The van der Waals surface area contributed by atoms with Crippen molar-refractivity contribution in [3.63, 3.8) is 0 Å². The number of carbonyl (C=O) groups is 1. The summed E-state index contributed by atoms with van der Waals surface area (Å²) in [5.74, 6) is -1.82. The number of hydrogen-bond acceptors (Lipinski definition) is 6. The molecule has 2 aliphatic heterocycles. The molecular weight excluding hydrogens is 357 g/mol. The fraction of sp³-hybridized carbons (Fsp3) is 0.444. The molecule has 2 aromatic rings. The van der Waals surface area contributed by atoms with Crippen molar-refractivity contribution >= 4 is 22.6 Å². The predicted molar refractivity (Wildman–Crippen MR) is 96.3 cm³/mol. The normalized spacial score (nSPS) is 20.0. The first-order chi connectivity index (χ1) is 12.9. The molecule has 8 nitrogen and oxygen atoms in total. The SMILES string of the molecule is CN1CCN(c2c(F)cc3c(=O)c(C(=O)O)cn4c3c2OC(CO)C4)CC1. The van der Waals surface area contributed by atoms with Crippen LogP contribution in [0.15, 0.2) is 17.1 Å². The number of aliphatic hydroxyl groups excluding tert-OH is 1. The van der Waals surface area contributed by atoms with Crippen molar-refractivity contribution in [2.75, 3.05) is 44.7 Å². The molecule has 1 fully saturated rings. The number of carboxylic acids is 1. The summed E-state index contributed by atoms with van der Waals surface area (Å²) in [6.45, 7) is 2.56. The Morgan fingerprint density at radius 3 is 2.67 bits per heavy atom. The number of carboxylic acid groups (broad SMARTS) is 1. The molecule has 2 aliphatic rings. The van der Waals surface area contributed by atoms with E-state index in [0.29, 0.717) is 18.6 Å². The van der Waals surface area contributed by atoms with Gasteiger partial charge in [0.1, 0.15) is 17.4 Å². The fourth-order valence-corrected chi connectivity index (χ4v) is 3.74. The number of aromatic carboxylic acids is 1. The van der Waals surface area contributed by atoms with Crippen LogP contribution in [-0.2, 0) is 6.54 Å². The maximum absolute atomic E-state index is 15.1. The molecule has 0 aliphatic carbocycles. The number of nitrogens with zero attached hydrogens (tertiary/aromatic N) is 3. The molecule has 3 heterocycles. The standard InChI is InChI=1S/C18H20FN3O5/c1-20-2-4-21(5-3-20)15-13(19)6-11-14-17(15)27-10(9-23)7-22(14)8-12(16(11)24)18(25)26/h6,8,10,23H,2-5,7,9H2,1H3,(H,25,26). The number of anilines is 1. The molecule has 144 valence electrons. The van der Waals surface area contributed by atoms with Crippen LogP contribution in [0.4, 0.5) is 10.1 Å². The highest BCUT2D eigenvalue weighted by Crippen LogP contribution is 2.41. The Balaban J connectivity index is 1.99. The quantitative estimate of drug-likeness (QED) is 0.797. The van der Waals surface area contributed by atoms with Crippen molar-refractivity contribution in [3.05, 3.63) is 33.9 Å². The zero-order valence-electron chi connectivity index (χ0n) is 14.8. The summed E-state index contributed by atoms with van der Waals surface area (Å²) in [7, 11) is 1.99. The predicted octanol–water partition coefficient (Wildman–Crippen LogP) is 0.344. The van der Waals surface area contributed by atoms with Crippen LogP contribution < -0.4 is 15.1 Å². The van der Waals surface area contributed by atoms with Crippen molar-refractivity contribution in [1.82, 2.24) is 9.47 Å². The summed E-state index contributed by atoms with van der Waals surface area (Å²) < 4.78 is 22.5. The number of ether oxygens (including phenoxy) is 1. The number of likely N-dealkylation sites (N-methyl/N-ethyl adjacent to an activating group) is 1. The number of piperazine rings is 1. The van der Waals surface area contributed by atoms with E-state index in [1.54, 1.807) is 4.57 Å². The van der Waals surface area contributed by atoms with Crippen LogP contribution in [0.25, 0.3) is 10.9 Å². The highest BCUT2D eigenvalue weighted by atomic mass is 19.1. The third-order valence-corrected chi connectivity index (χ3v) is 5.18. The first kappa shape index (κ1) is 17.7. The number of aromatic nitrogens is 1. The van der Waals surface area contributed by atoms with Crippen molar-refractivity contribution in [2.45, 2.75) is 12.6 Å². The number of benzene rings is 1. The lowest BCUT2D eigenvalue weighted by Gasteiger charge is -2.37. The molecule has 1 saturated heterocycles. The van der Waals surface area contributed by atoms with E-state index in [1.165, 1.54) is 6.20 Å². The van der Waals surface area contributed by atoms with Crippen molar-refractivity contribution < 1.29 is 24.1 Å². The maximum Gasteiger partial charge on any atom is 0.341 e. The summed E-state index contributed by atoms with van der Waals surface area (Å²) >= 11 is 0. The Hall–Kier alpha value is -2.65. The molecule has 0 saturated carbocycles. The second-order valence-corrected chi connectivity index (χ2v) is 6.97. The highest BCUT2D eigenvalue weighted by molar-refractivity contribution is 5.97. The third kappa shape index (κ3) is 2.83. The van der Waals surface area contributed by atoms with E-state index in [9.17, 15) is 19.8 Å². The maximum atomic E-state index is 15.1. The van der Waals surface area contributed by atoms with Gasteiger partial charge in [0, 0.05) is 32.4 Å². The van der Waals surface area contributed by atoms with Gasteiger partial charge in [0.2, 0.25) is 5.43 Å². The molecule has 1 aromatic heterocycles. The van der Waals surface area contributed by atoms with Crippen LogP contribution in [0.1, 0.15) is 10.4 Å². The largest absolute Gasteiger partial charge is 0.482 e. The number of rotatable bonds is 3. The Labute approximate surface area is 154 Å². The molecule has 27 heavy (non-hydrogen) atoms. The topological polar surface area (TPSA) is 95.2 Å². The lowest BCUT2D eigenvalue weighted by atomic mass is 10.1. The number of halogens is 1. The minimum Gasteiger partial charge on any atom is -0.482 e. The summed E-state index contributed by atoms with van der Waals surface area (Å²) in [5.41, 5.74) is -0.557. The average molecular weight is 377 g/mol. The Kier molecular flexibility index (Phi) is 4.27. The van der Waals surface area contributed by atoms with E-state index in [2.05, 4.69) is 4.90 Å². The minimum absolute atomic E-state index is 0.0309. The molecule has 0 amide bonds. The molecule has 1 aromatic carbocycles. The van der Waals surface area contributed by atoms with Gasteiger partial charge >= 0.3 is 5.97 Å². The van der Waals surface area contributed by atoms with E-state index >= 15 is 4.39 Å². The van der Waals surface area contributed by atoms with Crippen molar-refractivity contribution in [3.8, 4) is 5.75 Å². The lowest BCUT2D eigenvalue weighted by molar-refractivity contribution is 0.0692. The lowest BCUT2D eigenvalue weighted by Crippen LogP contribution is -2.45. The number of pyridine rings is 1. The van der Waals surface area contributed by atoms with Gasteiger partial charge in [0.25, 0.3) is 0 Å². The summed E-state index contributed by atoms with van der Waals surface area (Å²) in [4.78, 5) is 28.0. The molecule has 1 atom stereocenters. The van der Waals surface area contributed by atoms with Gasteiger partial charge in [0.05, 0.1) is 24.1 Å². The average Bonchev–Trinajstić information content (AvgIpc) is 2.64. The van der Waals surface area contributed by atoms with Gasteiger partial charge in [-0.2, -0.15) is 0 Å². The fourth-order valence-electron chi connectivity index (χ4n) is 3.74. The monoisotopic (exact) mass is 377 g/mol. The summed E-state index contributed by atoms with van der Waals surface area (Å²) in [5, 5.41) is 18.9. The van der Waals surface area contributed by atoms with E-state index in [0.717, 1.165) is 19.2 Å². The first-order valence-electron chi connectivity index (χ1n) is 8.74. The van der Waals surface area contributed by atoms with E-state index in [1.807, 2.05) is 11.9 Å². The minimum atomic E-state index is -1.37. The van der Waals surface area contributed by atoms with Crippen LogP contribution in [0.3, 0.4) is 0 Å². The number of hydrogen-bond donors (Lipinski definition) is 2. The molecule has 9 heteroatoms. The molecule has 2 N–H and O–H groups in total. The van der Waals surface area contributed by atoms with Crippen LogP contribution in [-0.4, -0.2) is 71.6 Å². The molecule has 4 rings (SSSR count). The molecule has 1 unspecified atom stereocenters. The molecule has 0 spiro atoms. The number of aliphatic hydroxyl groups is 1. The summed E-state index contributed by atoms with van der Waals surface area (Å²) in [6, 6.07) is 1.10. The summed E-state index contributed by atoms with van der Waals surface area (Å²) in [6.07, 6.45) is 0.589. The highest BCUT2D eigenvalue weighted by Gasteiger charge is 2.31. The van der Waals surface area contributed by atoms with Gasteiger partial charge in [-0.25, -0.2) is 9.18 Å². The van der Waals surface area contributed by atoms with E-state index < -0.39 is 28.9 Å². The molecular formula is C18H20FN3O5. The van der Waals surface area contributed by atoms with Crippen LogP contribution in [0.5, 0.6) is 5.75 Å².